The molecule has 0 saturated carbocycles. The Morgan fingerprint density at radius 2 is 1.86 bits per heavy atom. The zero-order valence-electron chi connectivity index (χ0n) is 9.39. The first-order valence-corrected chi connectivity index (χ1v) is 5.10. The number of rotatable bonds is 0. The molecule has 0 atom stereocenters. The van der Waals surface area contributed by atoms with E-state index in [0.29, 0.717) is 0 Å². The van der Waals surface area contributed by atoms with Gasteiger partial charge in [-0.1, -0.05) is 26.3 Å². The van der Waals surface area contributed by atoms with Crippen molar-refractivity contribution in [2.24, 2.45) is 0 Å². The van der Waals surface area contributed by atoms with E-state index in [4.69, 9.17) is 0 Å². The third-order valence-corrected chi connectivity index (χ3v) is 1.76. The van der Waals surface area contributed by atoms with Crippen LogP contribution in [0.1, 0.15) is 31.7 Å². The molecule has 0 radical (unpaired) electrons. The minimum atomic E-state index is 0.977. The van der Waals surface area contributed by atoms with Crippen LogP contribution in [0.2, 0.25) is 0 Å². The number of aromatic nitrogens is 2. The van der Waals surface area contributed by atoms with E-state index in [0.717, 1.165) is 16.9 Å². The third kappa shape index (κ3) is 2.59. The molecule has 76 valence electrons. The van der Waals surface area contributed by atoms with Gasteiger partial charge in [-0.3, -0.25) is 0 Å². The van der Waals surface area contributed by atoms with Crippen molar-refractivity contribution < 1.29 is 0 Å². The summed E-state index contributed by atoms with van der Waals surface area (Å²) >= 11 is 0. The summed E-state index contributed by atoms with van der Waals surface area (Å²) in [5, 5.41) is 0. The fourth-order valence-corrected chi connectivity index (χ4v) is 1.25. The molecular weight excluding hydrogens is 172 g/mol. The van der Waals surface area contributed by atoms with Crippen LogP contribution in [0.3, 0.4) is 0 Å². The highest BCUT2D eigenvalue weighted by molar-refractivity contribution is 5.75. The van der Waals surface area contributed by atoms with Gasteiger partial charge in [0.25, 0.3) is 0 Å². The van der Waals surface area contributed by atoms with Crippen molar-refractivity contribution in [2.45, 2.75) is 34.1 Å². The number of aryl methyl sites for hydroxylation is 2. The Balaban J connectivity index is 0.000000293. The Labute approximate surface area is 85.4 Å². The lowest BCUT2D eigenvalue weighted by Gasteiger charge is -1.89. The van der Waals surface area contributed by atoms with E-state index in [9.17, 15) is 0 Å². The maximum atomic E-state index is 4.30. The van der Waals surface area contributed by atoms with Gasteiger partial charge in [-0.05, 0) is 31.5 Å². The molecule has 1 aromatic carbocycles. The zero-order chi connectivity index (χ0) is 10.6. The highest BCUT2D eigenvalue weighted by Crippen LogP contribution is 2.12. The molecular formula is C12H18N2. The van der Waals surface area contributed by atoms with Crippen LogP contribution in [-0.4, -0.2) is 9.97 Å². The van der Waals surface area contributed by atoms with Crippen molar-refractivity contribution in [1.82, 2.24) is 9.97 Å². The molecule has 0 amide bonds. The minimum absolute atomic E-state index is 0.977. The molecule has 2 heteroatoms. The largest absolute Gasteiger partial charge is 0.342 e. The van der Waals surface area contributed by atoms with Gasteiger partial charge in [0.05, 0.1) is 11.0 Å². The fourth-order valence-electron chi connectivity index (χ4n) is 1.25. The molecule has 2 rings (SSSR count). The second kappa shape index (κ2) is 4.80. The van der Waals surface area contributed by atoms with Gasteiger partial charge in [0, 0.05) is 0 Å². The van der Waals surface area contributed by atoms with Crippen molar-refractivity contribution >= 4 is 11.0 Å². The molecule has 14 heavy (non-hydrogen) atoms. The smallest absolute Gasteiger partial charge is 0.104 e. The molecule has 0 aliphatic rings. The van der Waals surface area contributed by atoms with E-state index in [1.165, 1.54) is 12.0 Å². The van der Waals surface area contributed by atoms with Gasteiger partial charge in [-0.15, -0.1) is 0 Å². The van der Waals surface area contributed by atoms with Crippen LogP contribution in [0.4, 0.5) is 0 Å². The zero-order valence-corrected chi connectivity index (χ0v) is 9.39. The predicted octanol–water partition coefficient (Wildman–Crippen LogP) is 3.60. The molecule has 0 aliphatic heterocycles. The molecule has 0 unspecified atom stereocenters. The highest BCUT2D eigenvalue weighted by Gasteiger charge is 1.96. The van der Waals surface area contributed by atoms with E-state index in [1.807, 2.05) is 13.0 Å². The summed E-state index contributed by atoms with van der Waals surface area (Å²) in [5.41, 5.74) is 3.44. The van der Waals surface area contributed by atoms with Crippen molar-refractivity contribution in [3.63, 3.8) is 0 Å². The Morgan fingerprint density at radius 3 is 2.50 bits per heavy atom. The monoisotopic (exact) mass is 190 g/mol. The molecule has 2 aromatic rings. The first-order chi connectivity index (χ1) is 6.67. The number of nitrogens with one attached hydrogen (secondary N) is 1. The maximum Gasteiger partial charge on any atom is 0.104 e. The van der Waals surface area contributed by atoms with Crippen molar-refractivity contribution in [3.8, 4) is 0 Å². The molecule has 0 bridgehead atoms. The summed E-state index contributed by atoms with van der Waals surface area (Å²) in [7, 11) is 0. The predicted molar refractivity (Wildman–Crippen MR) is 61.5 cm³/mol. The second-order valence-corrected chi connectivity index (χ2v) is 3.55. The topological polar surface area (TPSA) is 28.7 Å². The SMILES string of the molecule is CCC.Cc1ccc2nc(C)[nH]c2c1. The summed E-state index contributed by atoms with van der Waals surface area (Å²) in [5.74, 6) is 0.977. The van der Waals surface area contributed by atoms with Crippen LogP contribution in [0.5, 0.6) is 0 Å². The van der Waals surface area contributed by atoms with Gasteiger partial charge in [0.1, 0.15) is 5.82 Å². The lowest BCUT2D eigenvalue weighted by atomic mass is 10.2. The van der Waals surface area contributed by atoms with Crippen molar-refractivity contribution in [3.05, 3.63) is 29.6 Å². The van der Waals surface area contributed by atoms with Crippen molar-refractivity contribution in [1.29, 1.82) is 0 Å². The number of aromatic amines is 1. The van der Waals surface area contributed by atoms with Gasteiger partial charge >= 0.3 is 0 Å². The maximum absolute atomic E-state index is 4.30. The van der Waals surface area contributed by atoms with Gasteiger partial charge in [0.15, 0.2) is 0 Å². The van der Waals surface area contributed by atoms with Crippen LogP contribution in [0.25, 0.3) is 11.0 Å². The minimum Gasteiger partial charge on any atom is -0.342 e. The lowest BCUT2D eigenvalue weighted by molar-refractivity contribution is 1.09. The molecule has 1 aromatic heterocycles. The molecule has 0 spiro atoms. The van der Waals surface area contributed by atoms with E-state index < -0.39 is 0 Å². The highest BCUT2D eigenvalue weighted by atomic mass is 14.9. The molecule has 0 aliphatic carbocycles. The Bertz CT molecular complexity index is 402. The number of H-pyrrole nitrogens is 1. The van der Waals surface area contributed by atoms with Crippen LogP contribution in [0, 0.1) is 13.8 Å². The Morgan fingerprint density at radius 1 is 1.21 bits per heavy atom. The van der Waals surface area contributed by atoms with Gasteiger partial charge < -0.3 is 4.98 Å². The van der Waals surface area contributed by atoms with Crippen LogP contribution >= 0.6 is 0 Å². The van der Waals surface area contributed by atoms with Gasteiger partial charge in [-0.2, -0.15) is 0 Å². The number of imidazole rings is 1. The number of hydrogen-bond donors (Lipinski definition) is 1. The van der Waals surface area contributed by atoms with Gasteiger partial charge in [0.2, 0.25) is 0 Å². The normalized spacial score (nSPS) is 9.71. The number of fused-ring (bicyclic) bond motifs is 1. The average molecular weight is 190 g/mol. The second-order valence-electron chi connectivity index (χ2n) is 3.55. The van der Waals surface area contributed by atoms with Gasteiger partial charge in [-0.25, -0.2) is 4.98 Å². The van der Waals surface area contributed by atoms with E-state index in [1.54, 1.807) is 0 Å². The fraction of sp³-hybridized carbons (Fsp3) is 0.417. The summed E-state index contributed by atoms with van der Waals surface area (Å²) in [6.07, 6.45) is 1.25. The van der Waals surface area contributed by atoms with Crippen LogP contribution < -0.4 is 0 Å². The van der Waals surface area contributed by atoms with Crippen LogP contribution in [0.15, 0.2) is 18.2 Å². The number of hydrogen-bond acceptors (Lipinski definition) is 1. The summed E-state index contributed by atoms with van der Waals surface area (Å²) < 4.78 is 0. The number of nitrogens with zero attached hydrogens (tertiary/aromatic N) is 1. The molecule has 2 nitrogen and oxygen atoms in total. The summed E-state index contributed by atoms with van der Waals surface area (Å²) in [6.45, 7) is 8.30. The summed E-state index contributed by atoms with van der Waals surface area (Å²) in [6, 6.07) is 6.21. The Hall–Kier alpha value is -1.31. The lowest BCUT2D eigenvalue weighted by Crippen LogP contribution is -1.71. The Kier molecular flexibility index (Phi) is 3.69. The molecule has 1 N–H and O–H groups in total. The third-order valence-electron chi connectivity index (χ3n) is 1.76. The molecule has 0 fully saturated rings. The van der Waals surface area contributed by atoms with E-state index in [-0.39, 0.29) is 0 Å². The molecule has 1 heterocycles. The van der Waals surface area contributed by atoms with E-state index >= 15 is 0 Å². The first kappa shape index (κ1) is 10.8. The first-order valence-electron chi connectivity index (χ1n) is 5.10. The molecule has 0 saturated heterocycles. The van der Waals surface area contributed by atoms with Crippen LogP contribution in [-0.2, 0) is 0 Å². The number of benzene rings is 1. The average Bonchev–Trinajstić information content (AvgIpc) is 2.45. The summed E-state index contributed by atoms with van der Waals surface area (Å²) in [4.78, 5) is 7.49. The van der Waals surface area contributed by atoms with Crippen molar-refractivity contribution in [2.75, 3.05) is 0 Å². The quantitative estimate of drug-likeness (QED) is 0.675. The van der Waals surface area contributed by atoms with E-state index in [2.05, 4.69) is 42.9 Å². The standard InChI is InChI=1S/C9H10N2.C3H8/c1-6-3-4-8-9(5-6)11-7(2)10-8;1-3-2/h3-5H,1-2H3,(H,10,11);3H2,1-2H3.